The quantitative estimate of drug-likeness (QED) is 0.803. The number of esters is 1. The number of amides is 1. The molecule has 5 heteroatoms. The average molecular weight is 306 g/mol. The first-order valence-electron chi connectivity index (χ1n) is 8.12. The van der Waals surface area contributed by atoms with E-state index in [1.807, 2.05) is 38.3 Å². The van der Waals surface area contributed by atoms with Gasteiger partial charge in [0.15, 0.2) is 0 Å². The second-order valence-electron chi connectivity index (χ2n) is 5.90. The van der Waals surface area contributed by atoms with Crippen molar-refractivity contribution in [2.75, 3.05) is 19.7 Å². The number of aromatic nitrogens is 1. The van der Waals surface area contributed by atoms with Crippen molar-refractivity contribution in [2.45, 2.75) is 47.1 Å². The minimum absolute atomic E-state index is 0.0291. The number of aryl methyl sites for hydroxylation is 2. The molecular weight excluding hydrogens is 280 g/mol. The van der Waals surface area contributed by atoms with Crippen LogP contribution in [0.1, 0.15) is 48.4 Å². The summed E-state index contributed by atoms with van der Waals surface area (Å²) in [4.78, 5) is 26.6. The smallest absolute Gasteiger partial charge is 0.310 e. The van der Waals surface area contributed by atoms with Crippen molar-refractivity contribution in [1.82, 2.24) is 9.47 Å². The first-order valence-corrected chi connectivity index (χ1v) is 8.12. The molecule has 0 bridgehead atoms. The molecule has 1 saturated heterocycles. The van der Waals surface area contributed by atoms with Crippen LogP contribution in [0, 0.1) is 19.8 Å². The molecule has 0 N–H and O–H groups in total. The lowest BCUT2D eigenvalue weighted by atomic mass is 9.98. The molecule has 0 spiro atoms. The number of ether oxygens (including phenoxy) is 1. The molecule has 1 aliphatic heterocycles. The Labute approximate surface area is 132 Å². The third-order valence-corrected chi connectivity index (χ3v) is 4.34. The predicted molar refractivity (Wildman–Crippen MR) is 84.8 cm³/mol. The van der Waals surface area contributed by atoms with Crippen LogP contribution in [-0.4, -0.2) is 41.0 Å². The van der Waals surface area contributed by atoms with E-state index < -0.39 is 0 Å². The molecule has 0 aromatic carbocycles. The highest BCUT2D eigenvalue weighted by molar-refractivity contribution is 5.95. The van der Waals surface area contributed by atoms with Crippen LogP contribution < -0.4 is 0 Å². The molecule has 0 saturated carbocycles. The Morgan fingerprint density at radius 2 is 2.05 bits per heavy atom. The molecule has 22 heavy (non-hydrogen) atoms. The van der Waals surface area contributed by atoms with Crippen molar-refractivity contribution in [1.29, 1.82) is 0 Å². The first kappa shape index (κ1) is 16.6. The van der Waals surface area contributed by atoms with E-state index in [0.717, 1.165) is 36.3 Å². The predicted octanol–water partition coefficient (Wildman–Crippen LogP) is 2.54. The molecule has 2 rings (SSSR count). The molecule has 1 aromatic heterocycles. The molecule has 0 unspecified atom stereocenters. The van der Waals surface area contributed by atoms with E-state index in [1.54, 1.807) is 4.90 Å². The van der Waals surface area contributed by atoms with Gasteiger partial charge in [-0.15, -0.1) is 0 Å². The number of carbonyl (C=O) groups excluding carboxylic acids is 2. The van der Waals surface area contributed by atoms with Gasteiger partial charge >= 0.3 is 5.97 Å². The van der Waals surface area contributed by atoms with Gasteiger partial charge in [0.1, 0.15) is 5.69 Å². The Morgan fingerprint density at radius 3 is 2.68 bits per heavy atom. The Balaban J connectivity index is 2.17. The molecule has 2 heterocycles. The van der Waals surface area contributed by atoms with Crippen molar-refractivity contribution < 1.29 is 14.3 Å². The molecule has 0 radical (unpaired) electrons. The molecule has 1 aromatic rings. The average Bonchev–Trinajstić information content (AvgIpc) is 2.80. The Bertz CT molecular complexity index is 562. The van der Waals surface area contributed by atoms with Crippen molar-refractivity contribution in [3.05, 3.63) is 23.0 Å². The lowest BCUT2D eigenvalue weighted by Crippen LogP contribution is -2.43. The Hall–Kier alpha value is -1.78. The second-order valence-corrected chi connectivity index (χ2v) is 5.90. The van der Waals surface area contributed by atoms with Crippen LogP contribution in [0.4, 0.5) is 0 Å². The van der Waals surface area contributed by atoms with E-state index in [0.29, 0.717) is 19.7 Å². The lowest BCUT2D eigenvalue weighted by molar-refractivity contribution is -0.149. The van der Waals surface area contributed by atoms with Gasteiger partial charge in [0.05, 0.1) is 12.5 Å². The fourth-order valence-electron chi connectivity index (χ4n) is 3.30. The summed E-state index contributed by atoms with van der Waals surface area (Å²) in [5, 5.41) is 0. The van der Waals surface area contributed by atoms with Gasteiger partial charge in [-0.2, -0.15) is 0 Å². The Kier molecular flexibility index (Phi) is 5.27. The summed E-state index contributed by atoms with van der Waals surface area (Å²) in [5.74, 6) is -0.343. The minimum atomic E-state index is -0.191. The van der Waals surface area contributed by atoms with Gasteiger partial charge in [0, 0.05) is 25.3 Å². The molecule has 0 aliphatic carbocycles. The molecule has 1 atom stereocenters. The largest absolute Gasteiger partial charge is 0.466 e. The SMILES string of the molecule is CCOC(=O)[C@@H]1CCCN(C(=O)c2c(C)cc(C)n2CC)C1. The monoisotopic (exact) mass is 306 g/mol. The summed E-state index contributed by atoms with van der Waals surface area (Å²) in [6.07, 6.45) is 1.65. The van der Waals surface area contributed by atoms with Crippen LogP contribution >= 0.6 is 0 Å². The van der Waals surface area contributed by atoms with Crippen LogP contribution in [0.3, 0.4) is 0 Å². The summed E-state index contributed by atoms with van der Waals surface area (Å²) in [7, 11) is 0. The van der Waals surface area contributed by atoms with Gasteiger partial charge in [-0.3, -0.25) is 9.59 Å². The van der Waals surface area contributed by atoms with Gasteiger partial charge in [-0.25, -0.2) is 0 Å². The zero-order valence-corrected chi connectivity index (χ0v) is 14.0. The third-order valence-electron chi connectivity index (χ3n) is 4.34. The number of hydrogen-bond acceptors (Lipinski definition) is 3. The van der Waals surface area contributed by atoms with Gasteiger partial charge < -0.3 is 14.2 Å². The molecule has 1 fully saturated rings. The zero-order valence-electron chi connectivity index (χ0n) is 14.0. The number of rotatable bonds is 4. The van der Waals surface area contributed by atoms with E-state index in [9.17, 15) is 9.59 Å². The van der Waals surface area contributed by atoms with Crippen LogP contribution in [-0.2, 0) is 16.1 Å². The van der Waals surface area contributed by atoms with Crippen molar-refractivity contribution in [2.24, 2.45) is 5.92 Å². The van der Waals surface area contributed by atoms with Crippen molar-refractivity contribution >= 4 is 11.9 Å². The fourth-order valence-corrected chi connectivity index (χ4v) is 3.30. The first-order chi connectivity index (χ1) is 10.5. The normalized spacial score (nSPS) is 18.4. The van der Waals surface area contributed by atoms with Crippen LogP contribution in [0.2, 0.25) is 0 Å². The highest BCUT2D eigenvalue weighted by Crippen LogP contribution is 2.23. The van der Waals surface area contributed by atoms with E-state index in [1.165, 1.54) is 0 Å². The third kappa shape index (κ3) is 3.18. The summed E-state index contributed by atoms with van der Waals surface area (Å²) >= 11 is 0. The highest BCUT2D eigenvalue weighted by Gasteiger charge is 2.31. The second kappa shape index (κ2) is 6.99. The van der Waals surface area contributed by atoms with Gasteiger partial charge in [0.25, 0.3) is 5.91 Å². The maximum absolute atomic E-state index is 12.9. The van der Waals surface area contributed by atoms with E-state index in [4.69, 9.17) is 4.74 Å². The number of carbonyl (C=O) groups is 2. The standard InChI is InChI=1S/C17H26N2O3/c1-5-19-13(4)10-12(3)15(19)16(20)18-9-7-8-14(11-18)17(21)22-6-2/h10,14H,5-9,11H2,1-4H3/t14-/m1/s1. The zero-order chi connectivity index (χ0) is 16.3. The van der Waals surface area contributed by atoms with Crippen LogP contribution in [0.15, 0.2) is 6.07 Å². The minimum Gasteiger partial charge on any atom is -0.466 e. The van der Waals surface area contributed by atoms with E-state index in [-0.39, 0.29) is 17.8 Å². The molecule has 5 nitrogen and oxygen atoms in total. The molecule has 1 aliphatic rings. The maximum Gasteiger partial charge on any atom is 0.310 e. The van der Waals surface area contributed by atoms with Crippen molar-refractivity contribution in [3.63, 3.8) is 0 Å². The Morgan fingerprint density at radius 1 is 1.32 bits per heavy atom. The summed E-state index contributed by atoms with van der Waals surface area (Å²) < 4.78 is 7.15. The molecule has 122 valence electrons. The number of nitrogens with zero attached hydrogens (tertiary/aromatic N) is 2. The fraction of sp³-hybridized carbons (Fsp3) is 0.647. The molecular formula is C17H26N2O3. The van der Waals surface area contributed by atoms with Crippen LogP contribution in [0.25, 0.3) is 0 Å². The van der Waals surface area contributed by atoms with Gasteiger partial charge in [-0.1, -0.05) is 0 Å². The highest BCUT2D eigenvalue weighted by atomic mass is 16.5. The summed E-state index contributed by atoms with van der Waals surface area (Å²) in [5.41, 5.74) is 2.86. The van der Waals surface area contributed by atoms with Crippen LogP contribution in [0.5, 0.6) is 0 Å². The number of piperidine rings is 1. The lowest BCUT2D eigenvalue weighted by Gasteiger charge is -2.32. The van der Waals surface area contributed by atoms with E-state index in [2.05, 4.69) is 0 Å². The van der Waals surface area contributed by atoms with Crippen molar-refractivity contribution in [3.8, 4) is 0 Å². The maximum atomic E-state index is 12.9. The van der Waals surface area contributed by atoms with Gasteiger partial charge in [-0.05, 0) is 52.2 Å². The molecule has 1 amide bonds. The summed E-state index contributed by atoms with van der Waals surface area (Å²) in [6, 6.07) is 2.05. The van der Waals surface area contributed by atoms with Gasteiger partial charge in [0.2, 0.25) is 0 Å². The number of likely N-dealkylation sites (tertiary alicyclic amines) is 1. The van der Waals surface area contributed by atoms with E-state index >= 15 is 0 Å². The number of hydrogen-bond donors (Lipinski definition) is 0. The summed E-state index contributed by atoms with van der Waals surface area (Å²) in [6.45, 7) is 10.2. The topological polar surface area (TPSA) is 51.5 Å².